The number of nitrogens with one attached hydrogen (secondary N) is 2. The van der Waals surface area contributed by atoms with Crippen LogP contribution in [0.4, 0.5) is 0 Å². The van der Waals surface area contributed by atoms with Gasteiger partial charge in [0, 0.05) is 43.7 Å². The molecule has 1 aromatic heterocycles. The van der Waals surface area contributed by atoms with Gasteiger partial charge in [-0.15, -0.1) is 11.3 Å². The summed E-state index contributed by atoms with van der Waals surface area (Å²) in [5, 5.41) is 16.5. The minimum absolute atomic E-state index is 0.0370. The molecule has 5 aromatic carbocycles. The molecule has 0 saturated carbocycles. The van der Waals surface area contributed by atoms with Crippen molar-refractivity contribution in [2.75, 3.05) is 88.4 Å². The Morgan fingerprint density at radius 2 is 1.48 bits per heavy atom. The van der Waals surface area contributed by atoms with Crippen LogP contribution in [0.3, 0.4) is 0 Å². The van der Waals surface area contributed by atoms with Crippen molar-refractivity contribution in [1.82, 2.24) is 30.3 Å². The second-order valence-electron chi connectivity index (χ2n) is 24.1. The molecule has 0 spiro atoms. The Kier molecular flexibility index (Phi) is 25.3. The Labute approximate surface area is 564 Å². The Hall–Kier alpha value is -8.97. The second-order valence-corrected chi connectivity index (χ2v) is 24.9. The standard InChI is InChI=1S/C72H88N6O17S/c1-10-54(51-35-62(88-7)66(90-9)63(36-51)89-8)69(82)76-27-14-13-20-56(76)72(85)95-58(25-21-46-22-26-59(86-5)61(32-46)87-6)47-17-15-18-53(33-47)94-41-64(80)74-42-92-29-28-91-30-31-93-60-34-48(67-45(4)75-43-96-67)23-24-49(60)38-73-68(81)57-37-52(79)40-77(57)71(84)65(44(2)3)78-39-50-16-11-12-19-55(50)70(78)83/h11-12,15-19,22-24,26,32-36,43-44,52,54,56-58,65,79H,10,13-14,20-21,25,27-31,37-42H2,1-9H3,(H,73,81)(H,74,80)/t52-,54+,56+,57+,58-,65+/m1/s1. The van der Waals surface area contributed by atoms with E-state index in [0.29, 0.717) is 94.7 Å². The molecule has 6 atom stereocenters. The molecule has 3 N–H and O–H groups in total. The summed E-state index contributed by atoms with van der Waals surface area (Å²) in [5.74, 6) is 0.126. The van der Waals surface area contributed by atoms with E-state index in [1.165, 1.54) is 37.6 Å². The topological polar surface area (TPSA) is 262 Å². The van der Waals surface area contributed by atoms with Crippen LogP contribution in [0.2, 0.25) is 0 Å². The van der Waals surface area contributed by atoms with Gasteiger partial charge in [-0.05, 0) is 128 Å². The smallest absolute Gasteiger partial charge is 0.329 e. The zero-order valence-corrected chi connectivity index (χ0v) is 56.9. The Morgan fingerprint density at radius 3 is 2.19 bits per heavy atom. The highest BCUT2D eigenvalue weighted by atomic mass is 32.1. The van der Waals surface area contributed by atoms with Gasteiger partial charge in [-0.3, -0.25) is 24.0 Å². The van der Waals surface area contributed by atoms with Crippen LogP contribution >= 0.6 is 11.3 Å². The van der Waals surface area contributed by atoms with Gasteiger partial charge in [-0.25, -0.2) is 9.78 Å². The molecule has 3 aliphatic rings. The van der Waals surface area contributed by atoms with Crippen LogP contribution in [-0.2, 0) is 57.7 Å². The number of carbonyl (C=O) groups excluding carboxylic acids is 6. The first-order valence-corrected chi connectivity index (χ1v) is 33.3. The van der Waals surface area contributed by atoms with E-state index in [4.69, 9.17) is 47.4 Å². The summed E-state index contributed by atoms with van der Waals surface area (Å²) in [5.41, 5.74) is 7.78. The maximum Gasteiger partial charge on any atom is 0.329 e. The summed E-state index contributed by atoms with van der Waals surface area (Å²) in [6.45, 7) is 8.48. The van der Waals surface area contributed by atoms with Crippen molar-refractivity contribution < 1.29 is 81.2 Å². The van der Waals surface area contributed by atoms with Crippen LogP contribution in [0.15, 0.2) is 103 Å². The number of fused-ring (bicyclic) bond motifs is 1. The molecule has 5 amide bonds. The van der Waals surface area contributed by atoms with Gasteiger partial charge in [-0.2, -0.15) is 0 Å². The van der Waals surface area contributed by atoms with E-state index in [1.54, 1.807) is 72.0 Å². The van der Waals surface area contributed by atoms with Crippen LogP contribution in [0.5, 0.6) is 40.2 Å². The number of hydrogen-bond acceptors (Lipinski definition) is 19. The number of aromatic nitrogens is 1. The number of likely N-dealkylation sites (tertiary alicyclic amines) is 2. The van der Waals surface area contributed by atoms with Crippen molar-refractivity contribution in [1.29, 1.82) is 0 Å². The summed E-state index contributed by atoms with van der Waals surface area (Å²) in [6, 6.07) is 26.5. The molecule has 9 rings (SSSR count). The second kappa shape index (κ2) is 34.1. The summed E-state index contributed by atoms with van der Waals surface area (Å²) in [7, 11) is 7.69. The molecule has 6 aromatic rings. The van der Waals surface area contributed by atoms with Gasteiger partial charge in [0.1, 0.15) is 49.1 Å². The molecule has 23 nitrogen and oxygen atoms in total. The number of amides is 5. The van der Waals surface area contributed by atoms with Gasteiger partial charge in [0.25, 0.3) is 11.8 Å². The number of nitrogens with zero attached hydrogens (tertiary/aromatic N) is 4. The summed E-state index contributed by atoms with van der Waals surface area (Å²) < 4.78 is 58.0. The van der Waals surface area contributed by atoms with E-state index in [-0.39, 0.29) is 89.5 Å². The van der Waals surface area contributed by atoms with Crippen molar-refractivity contribution in [3.05, 3.63) is 142 Å². The molecule has 4 heterocycles. The SMILES string of the molecule is CC[C@H](C(=O)N1CCCC[C@H]1C(=O)O[C@H](CCc1ccc(OC)c(OC)c1)c1cccc(OCC(=O)NCOCCOCCOc2cc(-c3scnc3C)ccc2CNC(=O)[C@@H]2C[C@@H](O)CN2C(=O)[C@H](C(C)C)N2Cc3ccccc3C2=O)c1)c1cc(OC)c(OC)c(OC)c1. The summed E-state index contributed by atoms with van der Waals surface area (Å²) in [4.78, 5) is 94.2. The third kappa shape index (κ3) is 17.3. The van der Waals surface area contributed by atoms with E-state index in [2.05, 4.69) is 15.6 Å². The lowest BCUT2D eigenvalue weighted by Gasteiger charge is -2.37. The fraction of sp³-hybridized carbons (Fsp3) is 0.458. The minimum Gasteiger partial charge on any atom is -0.493 e. The first-order valence-electron chi connectivity index (χ1n) is 32.5. The highest BCUT2D eigenvalue weighted by molar-refractivity contribution is 7.13. The van der Waals surface area contributed by atoms with Gasteiger partial charge in [0.2, 0.25) is 23.5 Å². The van der Waals surface area contributed by atoms with Crippen molar-refractivity contribution in [3.8, 4) is 50.7 Å². The van der Waals surface area contributed by atoms with Crippen molar-refractivity contribution in [3.63, 3.8) is 0 Å². The molecule has 2 saturated heterocycles. The number of esters is 1. The molecule has 3 aliphatic heterocycles. The number of carbonyl (C=O) groups is 6. The molecule has 2 fully saturated rings. The first-order chi connectivity index (χ1) is 46.5. The lowest BCUT2D eigenvalue weighted by molar-refractivity contribution is -0.162. The van der Waals surface area contributed by atoms with E-state index in [1.807, 2.05) is 82.3 Å². The molecule has 0 unspecified atom stereocenters. The zero-order chi connectivity index (χ0) is 68.4. The quantitative estimate of drug-likeness (QED) is 0.0197. The van der Waals surface area contributed by atoms with Crippen molar-refractivity contribution in [2.45, 2.75) is 122 Å². The average molecular weight is 1340 g/mol. The van der Waals surface area contributed by atoms with Gasteiger partial charge in [0.15, 0.2) is 29.6 Å². The normalized spacial score (nSPS) is 16.9. The average Bonchev–Trinajstić information content (AvgIpc) is 0.883. The Balaban J connectivity index is 0.758. The Bertz CT molecular complexity index is 3650. The van der Waals surface area contributed by atoms with Gasteiger partial charge < -0.3 is 77.8 Å². The summed E-state index contributed by atoms with van der Waals surface area (Å²) >= 11 is 1.49. The monoisotopic (exact) mass is 1340 g/mol. The molecule has 96 heavy (non-hydrogen) atoms. The van der Waals surface area contributed by atoms with Crippen LogP contribution in [0, 0.1) is 12.8 Å². The van der Waals surface area contributed by atoms with E-state index in [9.17, 15) is 33.9 Å². The number of methoxy groups -OCH3 is 5. The predicted molar refractivity (Wildman–Crippen MR) is 358 cm³/mol. The van der Waals surface area contributed by atoms with E-state index < -0.39 is 54.0 Å². The number of aryl methyl sites for hydroxylation is 2. The van der Waals surface area contributed by atoms with Gasteiger partial charge in [-0.1, -0.05) is 69.3 Å². The highest BCUT2D eigenvalue weighted by Gasteiger charge is 2.46. The lowest BCUT2D eigenvalue weighted by atomic mass is 9.91. The number of aliphatic hydroxyl groups excluding tert-OH is 1. The number of thiazole rings is 1. The van der Waals surface area contributed by atoms with Crippen LogP contribution in [0.25, 0.3) is 10.4 Å². The minimum atomic E-state index is -0.959. The van der Waals surface area contributed by atoms with Crippen LogP contribution < -0.4 is 43.8 Å². The largest absolute Gasteiger partial charge is 0.493 e. The van der Waals surface area contributed by atoms with Crippen LogP contribution in [0.1, 0.15) is 115 Å². The molecule has 0 bridgehead atoms. The van der Waals surface area contributed by atoms with Crippen molar-refractivity contribution >= 4 is 46.8 Å². The maximum absolute atomic E-state index is 14.6. The first kappa shape index (κ1) is 71.3. The fourth-order valence-electron chi connectivity index (χ4n) is 12.6. The zero-order valence-electron chi connectivity index (χ0n) is 56.1. The third-order valence-corrected chi connectivity index (χ3v) is 18.5. The highest BCUT2D eigenvalue weighted by Crippen LogP contribution is 2.42. The number of β-amino-alcohol motifs (C(OH)–C–C–N with tert-alkyl or cyclic N) is 1. The molecular formula is C72H88N6O17S. The molecule has 0 aliphatic carbocycles. The van der Waals surface area contributed by atoms with Crippen LogP contribution in [-0.4, -0.2) is 173 Å². The van der Waals surface area contributed by atoms with Crippen molar-refractivity contribution in [2.24, 2.45) is 5.92 Å². The predicted octanol–water partition coefficient (Wildman–Crippen LogP) is 8.78. The number of aliphatic hydroxyl groups is 1. The number of piperidine rings is 1. The molecular weight excluding hydrogens is 1250 g/mol. The number of ether oxygens (including phenoxy) is 10. The number of benzene rings is 5. The van der Waals surface area contributed by atoms with E-state index in [0.717, 1.165) is 40.1 Å². The molecule has 24 heteroatoms. The van der Waals surface area contributed by atoms with E-state index >= 15 is 0 Å². The maximum atomic E-state index is 14.6. The number of hydrogen-bond donors (Lipinski definition) is 3. The third-order valence-electron chi connectivity index (χ3n) is 17.5. The van der Waals surface area contributed by atoms with Gasteiger partial charge in [0.05, 0.1) is 83.5 Å². The Morgan fingerprint density at radius 1 is 0.729 bits per heavy atom. The fourth-order valence-corrected chi connectivity index (χ4v) is 13.4. The molecule has 0 radical (unpaired) electrons. The number of rotatable bonds is 33. The summed E-state index contributed by atoms with van der Waals surface area (Å²) in [6.07, 6.45) is 1.49. The molecule has 514 valence electrons. The van der Waals surface area contributed by atoms with Gasteiger partial charge >= 0.3 is 5.97 Å². The lowest BCUT2D eigenvalue weighted by Crippen LogP contribution is -2.55.